The van der Waals surface area contributed by atoms with Crippen LogP contribution in [0.4, 0.5) is 0 Å². The Morgan fingerprint density at radius 1 is 1.29 bits per heavy atom. The molecule has 0 amide bonds. The molecule has 0 bridgehead atoms. The summed E-state index contributed by atoms with van der Waals surface area (Å²) in [5.74, 6) is 0.100. The molecule has 0 spiro atoms. The molecular formula is C12H18O2. The molecule has 0 aliphatic carbocycles. The average Bonchev–Trinajstić information content (AvgIpc) is 2.53. The van der Waals surface area contributed by atoms with Gasteiger partial charge in [0.05, 0.1) is 12.5 Å². The smallest absolute Gasteiger partial charge is 0.313 e. The SMILES string of the molecule is CC/C=C/[C@H]1COC(=O)[C@@H]1/C=C/CC. The summed E-state index contributed by atoms with van der Waals surface area (Å²) in [6, 6.07) is 0. The van der Waals surface area contributed by atoms with Gasteiger partial charge in [0.1, 0.15) is 0 Å². The number of hydrogen-bond donors (Lipinski definition) is 0. The monoisotopic (exact) mass is 194 g/mol. The normalized spacial score (nSPS) is 27.7. The van der Waals surface area contributed by atoms with Crippen molar-refractivity contribution < 1.29 is 9.53 Å². The fourth-order valence-corrected chi connectivity index (χ4v) is 1.54. The van der Waals surface area contributed by atoms with Crippen molar-refractivity contribution in [2.45, 2.75) is 26.7 Å². The molecule has 2 heteroatoms. The van der Waals surface area contributed by atoms with E-state index in [9.17, 15) is 4.79 Å². The fraction of sp³-hybridized carbons (Fsp3) is 0.583. The zero-order valence-electron chi connectivity index (χ0n) is 8.90. The van der Waals surface area contributed by atoms with Crippen molar-refractivity contribution in [3.8, 4) is 0 Å². The van der Waals surface area contributed by atoms with Crippen LogP contribution in [0.2, 0.25) is 0 Å². The van der Waals surface area contributed by atoms with Gasteiger partial charge >= 0.3 is 5.97 Å². The van der Waals surface area contributed by atoms with Crippen molar-refractivity contribution in [1.82, 2.24) is 0 Å². The molecule has 0 aromatic heterocycles. The van der Waals surface area contributed by atoms with Gasteiger partial charge in [0.25, 0.3) is 0 Å². The van der Waals surface area contributed by atoms with Crippen LogP contribution in [0.25, 0.3) is 0 Å². The average molecular weight is 194 g/mol. The summed E-state index contributed by atoms with van der Waals surface area (Å²) in [6.07, 6.45) is 10.2. The molecule has 1 rings (SSSR count). The third kappa shape index (κ3) is 2.72. The first-order chi connectivity index (χ1) is 6.79. The van der Waals surface area contributed by atoms with E-state index in [1.807, 2.05) is 12.2 Å². The Kier molecular flexibility index (Phi) is 4.44. The van der Waals surface area contributed by atoms with Gasteiger partial charge in [-0.3, -0.25) is 4.79 Å². The molecule has 0 radical (unpaired) electrons. The molecule has 2 atom stereocenters. The molecule has 14 heavy (non-hydrogen) atoms. The molecule has 0 unspecified atom stereocenters. The van der Waals surface area contributed by atoms with Crippen molar-refractivity contribution in [3.63, 3.8) is 0 Å². The van der Waals surface area contributed by atoms with Crippen molar-refractivity contribution in [2.24, 2.45) is 11.8 Å². The lowest BCUT2D eigenvalue weighted by Crippen LogP contribution is -2.11. The molecular weight excluding hydrogens is 176 g/mol. The molecule has 1 saturated heterocycles. The van der Waals surface area contributed by atoms with Gasteiger partial charge in [0.2, 0.25) is 0 Å². The minimum absolute atomic E-state index is 0.0576. The lowest BCUT2D eigenvalue weighted by Gasteiger charge is -2.05. The maximum atomic E-state index is 11.3. The molecule has 2 nitrogen and oxygen atoms in total. The lowest BCUT2D eigenvalue weighted by atomic mass is 9.94. The minimum Gasteiger partial charge on any atom is -0.465 e. The number of allylic oxidation sites excluding steroid dienone is 2. The Morgan fingerprint density at radius 3 is 2.57 bits per heavy atom. The fourth-order valence-electron chi connectivity index (χ4n) is 1.54. The van der Waals surface area contributed by atoms with Gasteiger partial charge in [0, 0.05) is 5.92 Å². The summed E-state index contributed by atoms with van der Waals surface area (Å²) >= 11 is 0. The number of ether oxygens (including phenoxy) is 1. The van der Waals surface area contributed by atoms with E-state index in [1.165, 1.54) is 0 Å². The second-order valence-electron chi connectivity index (χ2n) is 3.49. The van der Waals surface area contributed by atoms with E-state index in [4.69, 9.17) is 4.74 Å². The summed E-state index contributed by atoms with van der Waals surface area (Å²) in [4.78, 5) is 11.3. The zero-order valence-corrected chi connectivity index (χ0v) is 8.90. The van der Waals surface area contributed by atoms with Gasteiger partial charge < -0.3 is 4.74 Å². The van der Waals surface area contributed by atoms with Crippen LogP contribution in [0, 0.1) is 11.8 Å². The summed E-state index contributed by atoms with van der Waals surface area (Å²) in [6.45, 7) is 4.69. The van der Waals surface area contributed by atoms with E-state index >= 15 is 0 Å². The van der Waals surface area contributed by atoms with E-state index < -0.39 is 0 Å². The number of carbonyl (C=O) groups is 1. The first-order valence-electron chi connectivity index (χ1n) is 5.29. The molecule has 1 aliphatic rings. The van der Waals surface area contributed by atoms with E-state index in [-0.39, 0.29) is 17.8 Å². The van der Waals surface area contributed by atoms with E-state index in [0.29, 0.717) is 6.61 Å². The summed E-state index contributed by atoms with van der Waals surface area (Å²) in [5.41, 5.74) is 0. The Hall–Kier alpha value is -1.05. The number of cyclic esters (lactones) is 1. The van der Waals surface area contributed by atoms with Gasteiger partial charge in [-0.1, -0.05) is 38.2 Å². The molecule has 1 heterocycles. The number of hydrogen-bond acceptors (Lipinski definition) is 2. The standard InChI is InChI=1S/C12H18O2/c1-3-5-7-10-9-14-12(13)11(10)8-6-4-2/h5-8,10-11H,3-4,9H2,1-2H3/b7-5+,8-6+/t10-,11+/m0/s1. The molecule has 0 aromatic carbocycles. The second kappa shape index (κ2) is 5.63. The Morgan fingerprint density at radius 2 is 1.93 bits per heavy atom. The highest BCUT2D eigenvalue weighted by Gasteiger charge is 2.32. The number of esters is 1. The van der Waals surface area contributed by atoms with Crippen LogP contribution in [-0.4, -0.2) is 12.6 Å². The minimum atomic E-state index is -0.0829. The third-order valence-corrected chi connectivity index (χ3v) is 2.35. The highest BCUT2D eigenvalue weighted by atomic mass is 16.5. The van der Waals surface area contributed by atoms with Crippen LogP contribution < -0.4 is 0 Å². The van der Waals surface area contributed by atoms with Crippen molar-refractivity contribution in [2.75, 3.05) is 6.61 Å². The van der Waals surface area contributed by atoms with Crippen LogP contribution in [-0.2, 0) is 9.53 Å². The Labute approximate surface area is 85.6 Å². The van der Waals surface area contributed by atoms with E-state index in [0.717, 1.165) is 12.8 Å². The predicted molar refractivity (Wildman–Crippen MR) is 56.8 cm³/mol. The highest BCUT2D eigenvalue weighted by molar-refractivity contribution is 5.77. The van der Waals surface area contributed by atoms with Crippen molar-refractivity contribution in [1.29, 1.82) is 0 Å². The van der Waals surface area contributed by atoms with Gasteiger partial charge in [-0.05, 0) is 12.8 Å². The van der Waals surface area contributed by atoms with Gasteiger partial charge in [-0.15, -0.1) is 0 Å². The molecule has 0 N–H and O–H groups in total. The predicted octanol–water partition coefficient (Wildman–Crippen LogP) is 2.71. The van der Waals surface area contributed by atoms with Crippen LogP contribution in [0.15, 0.2) is 24.3 Å². The third-order valence-electron chi connectivity index (χ3n) is 2.35. The topological polar surface area (TPSA) is 26.3 Å². The van der Waals surface area contributed by atoms with Crippen LogP contribution in [0.1, 0.15) is 26.7 Å². The summed E-state index contributed by atoms with van der Waals surface area (Å²) in [7, 11) is 0. The van der Waals surface area contributed by atoms with Gasteiger partial charge in [0.15, 0.2) is 0 Å². The van der Waals surface area contributed by atoms with Gasteiger partial charge in [-0.25, -0.2) is 0 Å². The Balaban J connectivity index is 2.61. The number of rotatable bonds is 4. The molecule has 0 aromatic rings. The molecule has 1 aliphatic heterocycles. The maximum Gasteiger partial charge on any atom is 0.313 e. The molecule has 1 fully saturated rings. The van der Waals surface area contributed by atoms with Crippen LogP contribution >= 0.6 is 0 Å². The van der Waals surface area contributed by atoms with Crippen molar-refractivity contribution in [3.05, 3.63) is 24.3 Å². The second-order valence-corrected chi connectivity index (χ2v) is 3.49. The number of carbonyl (C=O) groups excluding carboxylic acids is 1. The zero-order chi connectivity index (χ0) is 10.4. The van der Waals surface area contributed by atoms with Crippen molar-refractivity contribution >= 4 is 5.97 Å². The van der Waals surface area contributed by atoms with E-state index in [1.54, 1.807) is 0 Å². The molecule has 78 valence electrons. The first-order valence-corrected chi connectivity index (χ1v) is 5.29. The summed E-state index contributed by atoms with van der Waals surface area (Å²) < 4.78 is 5.03. The lowest BCUT2D eigenvalue weighted by molar-refractivity contribution is -0.140. The van der Waals surface area contributed by atoms with E-state index in [2.05, 4.69) is 26.0 Å². The van der Waals surface area contributed by atoms with Gasteiger partial charge in [-0.2, -0.15) is 0 Å². The first kappa shape index (κ1) is 11.0. The maximum absolute atomic E-state index is 11.3. The molecule has 0 saturated carbocycles. The largest absolute Gasteiger partial charge is 0.465 e. The summed E-state index contributed by atoms with van der Waals surface area (Å²) in [5, 5.41) is 0. The highest BCUT2D eigenvalue weighted by Crippen LogP contribution is 2.24. The quantitative estimate of drug-likeness (QED) is 0.508. The Bertz CT molecular complexity index is 241. The van der Waals surface area contributed by atoms with Crippen LogP contribution in [0.5, 0.6) is 0 Å². The van der Waals surface area contributed by atoms with Crippen LogP contribution in [0.3, 0.4) is 0 Å².